The van der Waals surface area contributed by atoms with Crippen molar-refractivity contribution in [1.29, 1.82) is 0 Å². The normalized spacial score (nSPS) is 11.8. The van der Waals surface area contributed by atoms with E-state index in [0.29, 0.717) is 0 Å². The van der Waals surface area contributed by atoms with Crippen molar-refractivity contribution >= 4 is 92.1 Å². The third-order valence-electron chi connectivity index (χ3n) is 10.7. The van der Waals surface area contributed by atoms with Gasteiger partial charge >= 0.3 is 0 Å². The second-order valence-electron chi connectivity index (χ2n) is 13.7. The Morgan fingerprint density at radius 2 is 1.08 bits per heavy atom. The fraction of sp³-hybridized carbons (Fsp3) is 0. The largest absolute Gasteiger partial charge is 0.456 e. The van der Waals surface area contributed by atoms with E-state index >= 15 is 0 Å². The van der Waals surface area contributed by atoms with E-state index in [1.165, 1.54) is 64.0 Å². The first-order valence-electron chi connectivity index (χ1n) is 18.0. The van der Waals surface area contributed by atoms with Crippen LogP contribution in [0.25, 0.3) is 85.9 Å². The second kappa shape index (κ2) is 11.9. The van der Waals surface area contributed by atoms with Gasteiger partial charge in [-0.2, -0.15) is 0 Å². The van der Waals surface area contributed by atoms with Gasteiger partial charge in [-0.1, -0.05) is 133 Å². The Balaban J connectivity index is 1.15. The van der Waals surface area contributed by atoms with Crippen LogP contribution < -0.4 is 4.90 Å². The summed E-state index contributed by atoms with van der Waals surface area (Å²) in [7, 11) is 0. The number of furan rings is 1. The van der Waals surface area contributed by atoms with Crippen molar-refractivity contribution in [3.63, 3.8) is 0 Å². The van der Waals surface area contributed by atoms with Gasteiger partial charge in [0.15, 0.2) is 0 Å². The predicted octanol–water partition coefficient (Wildman–Crippen LogP) is 15.1. The van der Waals surface area contributed by atoms with Crippen LogP contribution in [0, 0.1) is 0 Å². The van der Waals surface area contributed by atoms with Gasteiger partial charge < -0.3 is 9.32 Å². The molecular formula is C50H31NOS. The molecule has 0 bridgehead atoms. The number of fused-ring (bicyclic) bond motifs is 8. The van der Waals surface area contributed by atoms with E-state index in [4.69, 9.17) is 4.42 Å². The molecule has 53 heavy (non-hydrogen) atoms. The van der Waals surface area contributed by atoms with Gasteiger partial charge in [-0.15, -0.1) is 11.3 Å². The number of nitrogens with zero attached hydrogens (tertiary/aromatic N) is 1. The van der Waals surface area contributed by atoms with Crippen LogP contribution in [0.15, 0.2) is 192 Å². The molecule has 0 aliphatic rings. The zero-order valence-corrected chi connectivity index (χ0v) is 29.5. The number of rotatable bonds is 5. The molecule has 0 N–H and O–H groups in total. The highest BCUT2D eigenvalue weighted by Crippen LogP contribution is 2.49. The van der Waals surface area contributed by atoms with E-state index < -0.39 is 0 Å². The average molecular weight is 694 g/mol. The molecule has 0 saturated carbocycles. The van der Waals surface area contributed by atoms with Gasteiger partial charge in [-0.05, 0) is 98.4 Å². The number of hydrogen-bond acceptors (Lipinski definition) is 3. The third-order valence-corrected chi connectivity index (χ3v) is 11.8. The molecule has 9 aromatic carbocycles. The van der Waals surface area contributed by atoms with Crippen LogP contribution in [0.1, 0.15) is 0 Å². The van der Waals surface area contributed by atoms with Gasteiger partial charge in [0.1, 0.15) is 11.2 Å². The Bertz CT molecular complexity index is 3180. The third kappa shape index (κ3) is 4.86. The van der Waals surface area contributed by atoms with Crippen LogP contribution in [-0.4, -0.2) is 0 Å². The average Bonchev–Trinajstić information content (AvgIpc) is 3.80. The van der Waals surface area contributed by atoms with Crippen molar-refractivity contribution in [2.24, 2.45) is 0 Å². The van der Waals surface area contributed by atoms with Crippen LogP contribution in [0.4, 0.5) is 17.1 Å². The van der Waals surface area contributed by atoms with Crippen molar-refractivity contribution < 1.29 is 4.42 Å². The maximum atomic E-state index is 6.29. The summed E-state index contributed by atoms with van der Waals surface area (Å²) in [6, 6.07) is 68.1. The monoisotopic (exact) mass is 693 g/mol. The van der Waals surface area contributed by atoms with E-state index in [9.17, 15) is 0 Å². The van der Waals surface area contributed by atoms with Crippen molar-refractivity contribution in [3.05, 3.63) is 188 Å². The molecule has 0 saturated heterocycles. The van der Waals surface area contributed by atoms with Crippen molar-refractivity contribution in [2.75, 3.05) is 4.90 Å². The number of hydrogen-bond donors (Lipinski definition) is 0. The summed E-state index contributed by atoms with van der Waals surface area (Å²) in [4.78, 5) is 2.43. The fourth-order valence-corrected chi connectivity index (χ4v) is 9.36. The molecular weight excluding hydrogens is 663 g/mol. The van der Waals surface area contributed by atoms with E-state index in [0.717, 1.165) is 39.0 Å². The number of benzene rings is 9. The van der Waals surface area contributed by atoms with Gasteiger partial charge in [0.05, 0.1) is 10.4 Å². The molecule has 0 fully saturated rings. The summed E-state index contributed by atoms with van der Waals surface area (Å²) in [5, 5.41) is 9.79. The Kier molecular flexibility index (Phi) is 6.76. The topological polar surface area (TPSA) is 16.4 Å². The Labute approximate surface area is 310 Å². The second-order valence-corrected chi connectivity index (χ2v) is 14.7. The highest BCUT2D eigenvalue weighted by molar-refractivity contribution is 7.26. The van der Waals surface area contributed by atoms with Crippen LogP contribution in [0.3, 0.4) is 0 Å². The molecule has 0 unspecified atom stereocenters. The molecule has 3 heteroatoms. The number of thiophene rings is 1. The highest BCUT2D eigenvalue weighted by atomic mass is 32.1. The van der Waals surface area contributed by atoms with Gasteiger partial charge in [-0.25, -0.2) is 0 Å². The molecule has 248 valence electrons. The van der Waals surface area contributed by atoms with Crippen LogP contribution in [-0.2, 0) is 0 Å². The quantitative estimate of drug-likeness (QED) is 0.178. The molecule has 0 radical (unpaired) electrons. The standard InChI is InChI=1S/C50H31NOS/c1-2-12-35-30-36(21-20-32(35)10-1)33-22-24-37(25-23-33)51(38-26-29-47-44(31-38)41-15-5-7-18-46(41)52-47)45-28-27-42(40-17-9-13-34-11-3-4-14-39(34)40)49-43-16-6-8-19-48(43)53-50(45)49/h1-31H. The highest BCUT2D eigenvalue weighted by Gasteiger charge is 2.22. The van der Waals surface area contributed by atoms with E-state index in [1.807, 2.05) is 23.5 Å². The molecule has 0 spiro atoms. The number of anilines is 3. The Morgan fingerprint density at radius 3 is 1.96 bits per heavy atom. The molecule has 0 aliphatic carbocycles. The first kappa shape index (κ1) is 30.0. The van der Waals surface area contributed by atoms with Gasteiger partial charge in [0, 0.05) is 37.6 Å². The lowest BCUT2D eigenvalue weighted by Crippen LogP contribution is -2.10. The predicted molar refractivity (Wildman–Crippen MR) is 227 cm³/mol. The maximum Gasteiger partial charge on any atom is 0.135 e. The summed E-state index contributed by atoms with van der Waals surface area (Å²) in [6.07, 6.45) is 0. The minimum absolute atomic E-state index is 0.889. The van der Waals surface area contributed by atoms with Crippen molar-refractivity contribution in [3.8, 4) is 22.3 Å². The Hall–Kier alpha value is -6.68. The zero-order valence-electron chi connectivity index (χ0n) is 28.7. The molecule has 2 aromatic heterocycles. The summed E-state index contributed by atoms with van der Waals surface area (Å²) < 4.78 is 8.82. The van der Waals surface area contributed by atoms with Crippen molar-refractivity contribution in [1.82, 2.24) is 0 Å². The lowest BCUT2D eigenvalue weighted by atomic mass is 9.94. The zero-order chi connectivity index (χ0) is 34.9. The Morgan fingerprint density at radius 1 is 0.396 bits per heavy atom. The molecule has 0 atom stereocenters. The minimum Gasteiger partial charge on any atom is -0.456 e. The molecule has 11 aromatic rings. The minimum atomic E-state index is 0.889. The lowest BCUT2D eigenvalue weighted by molar-refractivity contribution is 0.669. The van der Waals surface area contributed by atoms with Crippen LogP contribution >= 0.6 is 11.3 Å². The molecule has 2 nitrogen and oxygen atoms in total. The van der Waals surface area contributed by atoms with Gasteiger partial charge in [-0.3, -0.25) is 0 Å². The first-order chi connectivity index (χ1) is 26.3. The van der Waals surface area contributed by atoms with Crippen molar-refractivity contribution in [2.45, 2.75) is 0 Å². The lowest BCUT2D eigenvalue weighted by Gasteiger charge is -2.27. The smallest absolute Gasteiger partial charge is 0.135 e. The van der Waals surface area contributed by atoms with Crippen LogP contribution in [0.5, 0.6) is 0 Å². The molecule has 2 heterocycles. The van der Waals surface area contributed by atoms with E-state index in [1.54, 1.807) is 0 Å². The van der Waals surface area contributed by atoms with E-state index in [2.05, 4.69) is 181 Å². The van der Waals surface area contributed by atoms with Crippen LogP contribution in [0.2, 0.25) is 0 Å². The summed E-state index contributed by atoms with van der Waals surface area (Å²) in [5.74, 6) is 0. The molecule has 0 aliphatic heterocycles. The maximum absolute atomic E-state index is 6.29. The summed E-state index contributed by atoms with van der Waals surface area (Å²) in [5.41, 5.74) is 10.0. The SMILES string of the molecule is c1ccc2cc(-c3ccc(N(c4ccc5oc6ccccc6c5c4)c4ccc(-c5cccc6ccccc56)c5c4sc4ccccc45)cc3)ccc2c1. The van der Waals surface area contributed by atoms with Gasteiger partial charge in [0.2, 0.25) is 0 Å². The summed E-state index contributed by atoms with van der Waals surface area (Å²) >= 11 is 1.87. The first-order valence-corrected chi connectivity index (χ1v) is 18.8. The van der Waals surface area contributed by atoms with Gasteiger partial charge in [0.25, 0.3) is 0 Å². The summed E-state index contributed by atoms with van der Waals surface area (Å²) in [6.45, 7) is 0. The van der Waals surface area contributed by atoms with E-state index in [-0.39, 0.29) is 0 Å². The number of para-hydroxylation sites is 1. The molecule has 11 rings (SSSR count). The fourth-order valence-electron chi connectivity index (χ4n) is 8.13. The molecule has 0 amide bonds.